The first-order chi connectivity index (χ1) is 13.9. The topological polar surface area (TPSA) is 71.1 Å². The third-order valence-corrected chi connectivity index (χ3v) is 5.75. The summed E-state index contributed by atoms with van der Waals surface area (Å²) in [6, 6.07) is 6.05. The van der Waals surface area contributed by atoms with Gasteiger partial charge in [0.25, 0.3) is 0 Å². The zero-order valence-corrected chi connectivity index (χ0v) is 17.9. The number of amides is 2. The summed E-state index contributed by atoms with van der Waals surface area (Å²) in [7, 11) is 1.66. The molecule has 160 valence electrons. The molecule has 1 N–H and O–H groups in total. The van der Waals surface area contributed by atoms with Crippen molar-refractivity contribution < 1.29 is 19.1 Å². The fourth-order valence-corrected chi connectivity index (χ4v) is 4.00. The van der Waals surface area contributed by atoms with E-state index in [0.717, 1.165) is 43.1 Å². The highest BCUT2D eigenvalue weighted by atomic mass is 16.5. The first kappa shape index (κ1) is 21.4. The summed E-state index contributed by atoms with van der Waals surface area (Å²) in [6.07, 6.45) is 1.35. The van der Waals surface area contributed by atoms with Crippen LogP contribution in [0.1, 0.15) is 39.2 Å². The summed E-state index contributed by atoms with van der Waals surface area (Å²) >= 11 is 0. The molecule has 29 heavy (non-hydrogen) atoms. The largest absolute Gasteiger partial charge is 0.497 e. The Bertz CT molecular complexity index is 737. The molecule has 2 aliphatic heterocycles. The Kier molecular flexibility index (Phi) is 7.00. The molecular weight excluding hydrogens is 370 g/mol. The van der Waals surface area contributed by atoms with Crippen molar-refractivity contribution in [2.24, 2.45) is 5.92 Å². The molecule has 2 amide bonds. The summed E-state index contributed by atoms with van der Waals surface area (Å²) in [6.45, 7) is 9.46. The molecule has 1 aromatic carbocycles. The van der Waals surface area contributed by atoms with Crippen LogP contribution in [-0.2, 0) is 16.1 Å². The number of hydrogen-bond acceptors (Lipinski definition) is 5. The van der Waals surface area contributed by atoms with Gasteiger partial charge in [0.1, 0.15) is 17.6 Å². The van der Waals surface area contributed by atoms with E-state index in [2.05, 4.69) is 17.1 Å². The minimum absolute atomic E-state index is 0.0262. The molecule has 2 unspecified atom stereocenters. The van der Waals surface area contributed by atoms with E-state index in [1.54, 1.807) is 12.0 Å². The third-order valence-electron chi connectivity index (χ3n) is 5.75. The fourth-order valence-electron chi connectivity index (χ4n) is 4.00. The van der Waals surface area contributed by atoms with Gasteiger partial charge in [-0.15, -0.1) is 0 Å². The minimum Gasteiger partial charge on any atom is -0.497 e. The van der Waals surface area contributed by atoms with E-state index in [1.165, 1.54) is 0 Å². The number of benzene rings is 1. The highest BCUT2D eigenvalue weighted by Crippen LogP contribution is 2.29. The van der Waals surface area contributed by atoms with Crippen LogP contribution in [0.3, 0.4) is 0 Å². The number of fused-ring (bicyclic) bond motifs is 1. The van der Waals surface area contributed by atoms with E-state index in [-0.39, 0.29) is 29.9 Å². The molecule has 0 radical (unpaired) electrons. The summed E-state index contributed by atoms with van der Waals surface area (Å²) < 4.78 is 11.5. The Morgan fingerprint density at radius 2 is 2.14 bits per heavy atom. The van der Waals surface area contributed by atoms with Crippen LogP contribution in [-0.4, -0.2) is 67.0 Å². The zero-order chi connectivity index (χ0) is 21.0. The third kappa shape index (κ3) is 5.21. The highest BCUT2D eigenvalue weighted by Gasteiger charge is 2.35. The molecule has 0 bridgehead atoms. The minimum atomic E-state index is -0.245. The summed E-state index contributed by atoms with van der Waals surface area (Å²) in [5.41, 5.74) is 1.10. The Morgan fingerprint density at radius 3 is 2.79 bits per heavy atom. The van der Waals surface area contributed by atoms with Gasteiger partial charge in [0, 0.05) is 50.7 Å². The van der Waals surface area contributed by atoms with Gasteiger partial charge >= 0.3 is 0 Å². The predicted octanol–water partition coefficient (Wildman–Crippen LogP) is 2.04. The molecule has 1 fully saturated rings. The second-order valence-electron chi connectivity index (χ2n) is 8.19. The fraction of sp³-hybridized carbons (Fsp3) is 0.636. The monoisotopic (exact) mass is 403 g/mol. The van der Waals surface area contributed by atoms with Crippen LogP contribution < -0.4 is 14.8 Å². The lowest BCUT2D eigenvalue weighted by Crippen LogP contribution is -2.41. The number of carbonyl (C=O) groups excluding carboxylic acids is 2. The molecule has 0 spiro atoms. The van der Waals surface area contributed by atoms with Gasteiger partial charge in [-0.1, -0.05) is 6.92 Å². The van der Waals surface area contributed by atoms with E-state index in [4.69, 9.17) is 9.47 Å². The number of nitrogens with zero attached hydrogens (tertiary/aromatic N) is 2. The molecule has 2 heterocycles. The lowest BCUT2D eigenvalue weighted by molar-refractivity contribution is -0.129. The van der Waals surface area contributed by atoms with Crippen molar-refractivity contribution in [1.82, 2.24) is 15.1 Å². The zero-order valence-electron chi connectivity index (χ0n) is 17.9. The van der Waals surface area contributed by atoms with Crippen molar-refractivity contribution >= 4 is 11.8 Å². The van der Waals surface area contributed by atoms with E-state index in [0.29, 0.717) is 19.5 Å². The SMILES string of the molecule is CCC1CN(CCNC(=O)C2CC(=O)N(C(C)C)C2)Cc2cc(OC)ccc2O1. The van der Waals surface area contributed by atoms with Crippen molar-refractivity contribution in [3.63, 3.8) is 0 Å². The first-order valence-electron chi connectivity index (χ1n) is 10.5. The maximum atomic E-state index is 12.5. The van der Waals surface area contributed by atoms with Gasteiger partial charge in [0.2, 0.25) is 11.8 Å². The van der Waals surface area contributed by atoms with Gasteiger partial charge < -0.3 is 19.7 Å². The van der Waals surface area contributed by atoms with Crippen molar-refractivity contribution in [2.75, 3.05) is 33.3 Å². The van der Waals surface area contributed by atoms with Crippen molar-refractivity contribution in [3.05, 3.63) is 23.8 Å². The summed E-state index contributed by atoms with van der Waals surface area (Å²) in [5.74, 6) is 1.52. The first-order valence-corrected chi connectivity index (χ1v) is 10.5. The number of ether oxygens (including phenoxy) is 2. The number of carbonyl (C=O) groups is 2. The van der Waals surface area contributed by atoms with Crippen LogP contribution >= 0.6 is 0 Å². The number of rotatable bonds is 7. The second-order valence-corrected chi connectivity index (χ2v) is 8.19. The molecular formula is C22H33N3O4. The molecule has 2 aliphatic rings. The van der Waals surface area contributed by atoms with Gasteiger partial charge in [-0.2, -0.15) is 0 Å². The van der Waals surface area contributed by atoms with Crippen LogP contribution in [0.2, 0.25) is 0 Å². The van der Waals surface area contributed by atoms with Crippen LogP contribution in [0.15, 0.2) is 18.2 Å². The Balaban J connectivity index is 1.55. The second kappa shape index (κ2) is 9.48. The van der Waals surface area contributed by atoms with E-state index < -0.39 is 0 Å². The van der Waals surface area contributed by atoms with Crippen LogP contribution in [0.5, 0.6) is 11.5 Å². The highest BCUT2D eigenvalue weighted by molar-refractivity contribution is 5.89. The molecule has 0 aliphatic carbocycles. The van der Waals surface area contributed by atoms with Crippen LogP contribution in [0, 0.1) is 5.92 Å². The van der Waals surface area contributed by atoms with Gasteiger partial charge in [-0.05, 0) is 38.5 Å². The predicted molar refractivity (Wildman–Crippen MR) is 111 cm³/mol. The standard InChI is InChI=1S/C22H33N3O4/c1-5-18-14-24(12-16-10-19(28-4)6-7-20(16)29-18)9-8-23-22(27)17-11-21(26)25(13-17)15(2)3/h6-7,10,15,17-18H,5,8-9,11-14H2,1-4H3,(H,23,27). The molecule has 7 heteroatoms. The smallest absolute Gasteiger partial charge is 0.225 e. The van der Waals surface area contributed by atoms with Gasteiger partial charge in [-0.25, -0.2) is 0 Å². The molecule has 7 nitrogen and oxygen atoms in total. The van der Waals surface area contributed by atoms with E-state index >= 15 is 0 Å². The maximum absolute atomic E-state index is 12.5. The lowest BCUT2D eigenvalue weighted by atomic mass is 10.1. The number of nitrogens with one attached hydrogen (secondary N) is 1. The van der Waals surface area contributed by atoms with Crippen LogP contribution in [0.4, 0.5) is 0 Å². The molecule has 2 atom stereocenters. The average Bonchev–Trinajstić information content (AvgIpc) is 3.00. The Morgan fingerprint density at radius 1 is 1.34 bits per heavy atom. The van der Waals surface area contributed by atoms with Crippen LogP contribution in [0.25, 0.3) is 0 Å². The quantitative estimate of drug-likeness (QED) is 0.754. The number of likely N-dealkylation sites (tertiary alicyclic amines) is 1. The summed E-state index contributed by atoms with van der Waals surface area (Å²) in [5, 5.41) is 3.03. The lowest BCUT2D eigenvalue weighted by Gasteiger charge is -2.23. The maximum Gasteiger partial charge on any atom is 0.225 e. The molecule has 1 aromatic rings. The van der Waals surface area contributed by atoms with Crippen molar-refractivity contribution in [3.8, 4) is 11.5 Å². The number of methoxy groups -OCH3 is 1. The summed E-state index contributed by atoms with van der Waals surface area (Å²) in [4.78, 5) is 28.7. The van der Waals surface area contributed by atoms with E-state index in [1.807, 2.05) is 32.0 Å². The van der Waals surface area contributed by atoms with Gasteiger partial charge in [-0.3, -0.25) is 14.5 Å². The molecule has 0 saturated carbocycles. The molecule has 0 aromatic heterocycles. The van der Waals surface area contributed by atoms with Crippen molar-refractivity contribution in [2.45, 2.75) is 52.3 Å². The molecule has 1 saturated heterocycles. The number of hydrogen-bond donors (Lipinski definition) is 1. The van der Waals surface area contributed by atoms with Gasteiger partial charge in [0.05, 0.1) is 13.0 Å². The average molecular weight is 404 g/mol. The Hall–Kier alpha value is -2.28. The normalized spacial score (nSPS) is 22.2. The van der Waals surface area contributed by atoms with Gasteiger partial charge in [0.15, 0.2) is 0 Å². The Labute approximate surface area is 173 Å². The van der Waals surface area contributed by atoms with Crippen molar-refractivity contribution in [1.29, 1.82) is 0 Å². The molecule has 3 rings (SSSR count). The van der Waals surface area contributed by atoms with E-state index in [9.17, 15) is 9.59 Å².